The van der Waals surface area contributed by atoms with Gasteiger partial charge in [-0.15, -0.1) is 0 Å². The van der Waals surface area contributed by atoms with Gasteiger partial charge in [0, 0.05) is 0 Å². The van der Waals surface area contributed by atoms with Gasteiger partial charge in [0.25, 0.3) is 0 Å². The van der Waals surface area contributed by atoms with E-state index in [2.05, 4.69) is 5.43 Å². The van der Waals surface area contributed by atoms with Crippen LogP contribution in [0.3, 0.4) is 0 Å². The zero-order valence-corrected chi connectivity index (χ0v) is 9.28. The van der Waals surface area contributed by atoms with E-state index in [1.165, 1.54) is 12.1 Å². The Morgan fingerprint density at radius 2 is 2.12 bits per heavy atom. The molecule has 0 saturated heterocycles. The summed E-state index contributed by atoms with van der Waals surface area (Å²) in [6.07, 6.45) is 0. The Balaban J connectivity index is 3.06. The summed E-state index contributed by atoms with van der Waals surface area (Å²) < 4.78 is 41.9. The number of rotatable bonds is 4. The smallest absolute Gasteiger partial charge is 0.446 e. The lowest BCUT2D eigenvalue weighted by Gasteiger charge is -2.14. The third-order valence-electron chi connectivity index (χ3n) is 1.65. The van der Waals surface area contributed by atoms with Gasteiger partial charge in [-0.3, -0.25) is 5.84 Å². The lowest BCUT2D eigenvalue weighted by atomic mass is 10.3. The molecule has 0 heterocycles. The fraction of sp³-hybridized carbons (Fsp3) is 0.333. The number of halogens is 3. The third kappa shape index (κ3) is 3.49. The Morgan fingerprint density at radius 1 is 1.44 bits per heavy atom. The van der Waals surface area contributed by atoms with Crippen molar-refractivity contribution in [3.8, 4) is 5.75 Å². The molecular formula is C9H11F3N2OS. The molecule has 0 saturated carbocycles. The average molecular weight is 252 g/mol. The van der Waals surface area contributed by atoms with Crippen molar-refractivity contribution in [2.45, 2.75) is 17.3 Å². The van der Waals surface area contributed by atoms with Crippen LogP contribution in [-0.2, 0) is 0 Å². The van der Waals surface area contributed by atoms with E-state index < -0.39 is 5.51 Å². The number of thioether (sulfide) groups is 1. The van der Waals surface area contributed by atoms with E-state index in [0.717, 1.165) is 0 Å². The van der Waals surface area contributed by atoms with E-state index in [1.807, 2.05) is 0 Å². The second-order valence-corrected chi connectivity index (χ2v) is 3.86. The molecule has 0 unspecified atom stereocenters. The molecule has 1 aromatic carbocycles. The highest BCUT2D eigenvalue weighted by Gasteiger charge is 2.31. The number of ether oxygens (including phenoxy) is 1. The summed E-state index contributed by atoms with van der Waals surface area (Å²) in [6, 6.07) is 4.36. The van der Waals surface area contributed by atoms with Gasteiger partial charge in [0.05, 0.1) is 17.2 Å². The maximum Gasteiger partial charge on any atom is 0.446 e. The number of alkyl halides is 3. The summed E-state index contributed by atoms with van der Waals surface area (Å²) >= 11 is -0.224. The monoisotopic (exact) mass is 252 g/mol. The lowest BCUT2D eigenvalue weighted by molar-refractivity contribution is -0.0329. The molecule has 16 heavy (non-hydrogen) atoms. The number of nitrogen functional groups attached to an aromatic ring is 1. The van der Waals surface area contributed by atoms with Gasteiger partial charge in [-0.1, -0.05) is 6.07 Å². The molecule has 0 aliphatic heterocycles. The van der Waals surface area contributed by atoms with Gasteiger partial charge in [0.2, 0.25) is 0 Å². The summed E-state index contributed by atoms with van der Waals surface area (Å²) in [7, 11) is 0. The van der Waals surface area contributed by atoms with Crippen molar-refractivity contribution < 1.29 is 17.9 Å². The van der Waals surface area contributed by atoms with E-state index >= 15 is 0 Å². The summed E-state index contributed by atoms with van der Waals surface area (Å²) in [5.41, 5.74) is -1.72. The normalized spacial score (nSPS) is 11.3. The number of hydrazine groups is 1. The number of anilines is 1. The third-order valence-corrected chi connectivity index (χ3v) is 2.42. The van der Waals surface area contributed by atoms with Crippen molar-refractivity contribution >= 4 is 17.4 Å². The van der Waals surface area contributed by atoms with Gasteiger partial charge in [0.15, 0.2) is 5.75 Å². The van der Waals surface area contributed by atoms with Crippen molar-refractivity contribution in [3.05, 3.63) is 18.2 Å². The zero-order chi connectivity index (χ0) is 12.2. The van der Waals surface area contributed by atoms with Crippen LogP contribution < -0.4 is 16.0 Å². The number of hydrogen-bond acceptors (Lipinski definition) is 4. The van der Waals surface area contributed by atoms with Crippen LogP contribution >= 0.6 is 11.8 Å². The van der Waals surface area contributed by atoms with E-state index in [9.17, 15) is 13.2 Å². The van der Waals surface area contributed by atoms with Crippen LogP contribution in [0.2, 0.25) is 0 Å². The van der Waals surface area contributed by atoms with Crippen molar-refractivity contribution in [2.75, 3.05) is 12.0 Å². The molecule has 90 valence electrons. The van der Waals surface area contributed by atoms with Crippen LogP contribution in [0.15, 0.2) is 23.1 Å². The Kier molecular flexibility index (Phi) is 4.31. The minimum atomic E-state index is -4.35. The molecule has 7 heteroatoms. The van der Waals surface area contributed by atoms with Crippen LogP contribution in [0.5, 0.6) is 5.75 Å². The van der Waals surface area contributed by atoms with E-state index in [4.69, 9.17) is 10.6 Å². The molecule has 0 spiro atoms. The molecular weight excluding hydrogens is 241 g/mol. The number of nitrogens with two attached hydrogens (primary N) is 1. The zero-order valence-electron chi connectivity index (χ0n) is 8.47. The van der Waals surface area contributed by atoms with Gasteiger partial charge in [-0.2, -0.15) is 13.2 Å². The highest BCUT2D eigenvalue weighted by molar-refractivity contribution is 8.00. The van der Waals surface area contributed by atoms with Crippen molar-refractivity contribution in [1.29, 1.82) is 0 Å². The summed E-state index contributed by atoms with van der Waals surface area (Å²) in [5, 5.41) is 0. The van der Waals surface area contributed by atoms with Crippen LogP contribution in [0.4, 0.5) is 18.9 Å². The molecule has 3 nitrogen and oxygen atoms in total. The van der Waals surface area contributed by atoms with Crippen LogP contribution in [0.1, 0.15) is 6.92 Å². The quantitative estimate of drug-likeness (QED) is 0.491. The first kappa shape index (κ1) is 13.0. The average Bonchev–Trinajstić information content (AvgIpc) is 2.18. The molecule has 0 atom stereocenters. The summed E-state index contributed by atoms with van der Waals surface area (Å²) in [5.74, 6) is 5.31. The second kappa shape index (κ2) is 5.31. The van der Waals surface area contributed by atoms with Crippen LogP contribution in [0, 0.1) is 0 Å². The van der Waals surface area contributed by atoms with Gasteiger partial charge in [-0.05, 0) is 30.8 Å². The number of nitrogens with one attached hydrogen (secondary N) is 1. The largest absolute Gasteiger partial charge is 0.490 e. The minimum Gasteiger partial charge on any atom is -0.490 e. The Hall–Kier alpha value is -1.08. The van der Waals surface area contributed by atoms with Crippen molar-refractivity contribution in [2.24, 2.45) is 5.84 Å². The molecule has 0 aromatic heterocycles. The molecule has 0 fully saturated rings. The first-order chi connectivity index (χ1) is 7.48. The lowest BCUT2D eigenvalue weighted by Crippen LogP contribution is -2.10. The van der Waals surface area contributed by atoms with Crippen molar-refractivity contribution in [1.82, 2.24) is 0 Å². The maximum atomic E-state index is 12.3. The SMILES string of the molecule is CCOc1c(NN)cccc1SC(F)(F)F. The van der Waals surface area contributed by atoms with Crippen LogP contribution in [0.25, 0.3) is 0 Å². The molecule has 0 aliphatic rings. The predicted molar refractivity (Wildman–Crippen MR) is 57.3 cm³/mol. The maximum absolute atomic E-state index is 12.3. The van der Waals surface area contributed by atoms with Gasteiger partial charge in [0.1, 0.15) is 0 Å². The van der Waals surface area contributed by atoms with E-state index in [0.29, 0.717) is 5.69 Å². The van der Waals surface area contributed by atoms with Gasteiger partial charge < -0.3 is 10.2 Å². The van der Waals surface area contributed by atoms with Crippen LogP contribution in [-0.4, -0.2) is 12.1 Å². The number of hydrogen-bond donors (Lipinski definition) is 2. The molecule has 0 aliphatic carbocycles. The highest BCUT2D eigenvalue weighted by atomic mass is 32.2. The first-order valence-electron chi connectivity index (χ1n) is 4.46. The molecule has 0 amide bonds. The van der Waals surface area contributed by atoms with Crippen molar-refractivity contribution in [3.63, 3.8) is 0 Å². The summed E-state index contributed by atoms with van der Waals surface area (Å²) in [6.45, 7) is 1.96. The standard InChI is InChI=1S/C9H11F3N2OS/c1-2-15-8-6(14-13)4-3-5-7(8)16-9(10,11)12/h3-5,14H,2,13H2,1H3. The Labute approximate surface area is 95.1 Å². The van der Waals surface area contributed by atoms with Gasteiger partial charge >= 0.3 is 5.51 Å². The molecule has 3 N–H and O–H groups in total. The van der Waals surface area contributed by atoms with Gasteiger partial charge in [-0.25, -0.2) is 0 Å². The predicted octanol–water partition coefficient (Wildman–Crippen LogP) is 2.98. The molecule has 0 radical (unpaired) electrons. The van der Waals surface area contributed by atoms with E-state index in [1.54, 1.807) is 13.0 Å². The molecule has 1 aromatic rings. The Bertz CT molecular complexity index is 357. The fourth-order valence-corrected chi connectivity index (χ4v) is 1.79. The number of benzene rings is 1. The molecule has 1 rings (SSSR count). The highest BCUT2D eigenvalue weighted by Crippen LogP contribution is 2.44. The fourth-order valence-electron chi connectivity index (χ4n) is 1.13. The number of para-hydroxylation sites is 1. The topological polar surface area (TPSA) is 47.3 Å². The molecule has 0 bridgehead atoms. The Morgan fingerprint density at radius 3 is 2.62 bits per heavy atom. The summed E-state index contributed by atoms with van der Waals surface area (Å²) in [4.78, 5) is -0.00944. The first-order valence-corrected chi connectivity index (χ1v) is 5.27. The second-order valence-electron chi connectivity index (χ2n) is 2.76. The van der Waals surface area contributed by atoms with E-state index in [-0.39, 0.29) is 29.0 Å². The minimum absolute atomic E-state index is 0.00944.